The SMILES string of the molecule is Cc1cccc(CN2CCC(NC(=O)CCCOc3ccccc3C)CC2)c1. The van der Waals surface area contributed by atoms with E-state index in [0.717, 1.165) is 50.2 Å². The highest BCUT2D eigenvalue weighted by atomic mass is 16.5. The van der Waals surface area contributed by atoms with Crippen LogP contribution in [-0.2, 0) is 11.3 Å². The van der Waals surface area contributed by atoms with Gasteiger partial charge in [-0.1, -0.05) is 48.0 Å². The molecule has 0 unspecified atom stereocenters. The number of carbonyl (C=O) groups excluding carboxylic acids is 1. The molecule has 28 heavy (non-hydrogen) atoms. The number of likely N-dealkylation sites (tertiary alicyclic amines) is 1. The largest absolute Gasteiger partial charge is 0.493 e. The molecule has 2 aromatic carbocycles. The van der Waals surface area contributed by atoms with Gasteiger partial charge in [0.05, 0.1) is 6.61 Å². The van der Waals surface area contributed by atoms with E-state index in [-0.39, 0.29) is 5.91 Å². The molecule has 0 radical (unpaired) electrons. The summed E-state index contributed by atoms with van der Waals surface area (Å²) in [5.74, 6) is 1.05. The van der Waals surface area contributed by atoms with Crippen LogP contribution in [0, 0.1) is 13.8 Å². The maximum atomic E-state index is 12.2. The zero-order chi connectivity index (χ0) is 19.8. The maximum Gasteiger partial charge on any atom is 0.220 e. The van der Waals surface area contributed by atoms with Gasteiger partial charge in [0.25, 0.3) is 0 Å². The molecule has 2 aromatic rings. The quantitative estimate of drug-likeness (QED) is 0.697. The summed E-state index contributed by atoms with van der Waals surface area (Å²) in [5, 5.41) is 3.20. The summed E-state index contributed by atoms with van der Waals surface area (Å²) >= 11 is 0. The number of piperidine rings is 1. The summed E-state index contributed by atoms with van der Waals surface area (Å²) in [6.07, 6.45) is 3.32. The van der Waals surface area contributed by atoms with Crippen molar-refractivity contribution >= 4 is 5.91 Å². The van der Waals surface area contributed by atoms with Crippen molar-refractivity contribution in [3.8, 4) is 5.75 Å². The highest BCUT2D eigenvalue weighted by Gasteiger charge is 2.20. The minimum absolute atomic E-state index is 0.144. The van der Waals surface area contributed by atoms with Crippen LogP contribution < -0.4 is 10.1 Å². The second-order valence-corrected chi connectivity index (χ2v) is 7.82. The number of aryl methyl sites for hydroxylation is 2. The smallest absolute Gasteiger partial charge is 0.220 e. The van der Waals surface area contributed by atoms with E-state index in [2.05, 4.69) is 41.4 Å². The van der Waals surface area contributed by atoms with Gasteiger partial charge in [-0.3, -0.25) is 9.69 Å². The Morgan fingerprint density at radius 2 is 1.89 bits per heavy atom. The van der Waals surface area contributed by atoms with Crippen LogP contribution in [0.3, 0.4) is 0 Å². The number of amides is 1. The fourth-order valence-electron chi connectivity index (χ4n) is 3.74. The van der Waals surface area contributed by atoms with Crippen molar-refractivity contribution in [2.75, 3.05) is 19.7 Å². The van der Waals surface area contributed by atoms with Gasteiger partial charge < -0.3 is 10.1 Å². The molecule has 0 atom stereocenters. The van der Waals surface area contributed by atoms with Crippen molar-refractivity contribution in [1.82, 2.24) is 10.2 Å². The van der Waals surface area contributed by atoms with Crippen molar-refractivity contribution in [3.63, 3.8) is 0 Å². The molecule has 4 nitrogen and oxygen atoms in total. The molecule has 0 aromatic heterocycles. The van der Waals surface area contributed by atoms with E-state index in [1.807, 2.05) is 31.2 Å². The Balaban J connectivity index is 1.31. The van der Waals surface area contributed by atoms with Gasteiger partial charge in [-0.05, 0) is 50.3 Å². The number of rotatable bonds is 8. The van der Waals surface area contributed by atoms with Gasteiger partial charge in [-0.25, -0.2) is 0 Å². The van der Waals surface area contributed by atoms with Crippen molar-refractivity contribution < 1.29 is 9.53 Å². The molecule has 1 aliphatic heterocycles. The van der Waals surface area contributed by atoms with Crippen molar-refractivity contribution in [1.29, 1.82) is 0 Å². The van der Waals surface area contributed by atoms with Gasteiger partial charge >= 0.3 is 0 Å². The molecule has 1 amide bonds. The number of hydrogen-bond acceptors (Lipinski definition) is 3. The van der Waals surface area contributed by atoms with Gasteiger partial charge in [0.2, 0.25) is 5.91 Å². The average Bonchev–Trinajstić information content (AvgIpc) is 2.68. The zero-order valence-electron chi connectivity index (χ0n) is 17.1. The van der Waals surface area contributed by atoms with E-state index in [1.165, 1.54) is 11.1 Å². The molecule has 3 rings (SSSR count). The average molecular weight is 381 g/mol. The highest BCUT2D eigenvalue weighted by molar-refractivity contribution is 5.76. The molecular formula is C24H32N2O2. The molecule has 150 valence electrons. The molecule has 4 heteroatoms. The maximum absolute atomic E-state index is 12.2. The summed E-state index contributed by atoms with van der Waals surface area (Å²) in [7, 11) is 0. The first-order valence-electron chi connectivity index (χ1n) is 10.4. The Hall–Kier alpha value is -2.33. The van der Waals surface area contributed by atoms with Crippen molar-refractivity contribution in [3.05, 3.63) is 65.2 Å². The van der Waals surface area contributed by atoms with E-state index in [1.54, 1.807) is 0 Å². The summed E-state index contributed by atoms with van der Waals surface area (Å²) in [6.45, 7) is 7.82. The molecule has 0 spiro atoms. The fourth-order valence-corrected chi connectivity index (χ4v) is 3.74. The fraction of sp³-hybridized carbons (Fsp3) is 0.458. The lowest BCUT2D eigenvalue weighted by Gasteiger charge is -2.32. The van der Waals surface area contributed by atoms with E-state index in [4.69, 9.17) is 4.74 Å². The molecule has 0 bridgehead atoms. The lowest BCUT2D eigenvalue weighted by Crippen LogP contribution is -2.44. The lowest BCUT2D eigenvalue weighted by atomic mass is 10.0. The lowest BCUT2D eigenvalue weighted by molar-refractivity contribution is -0.122. The molecule has 1 fully saturated rings. The van der Waals surface area contributed by atoms with Crippen LogP contribution >= 0.6 is 0 Å². The van der Waals surface area contributed by atoms with Crippen LogP contribution in [-0.4, -0.2) is 36.5 Å². The first-order valence-corrected chi connectivity index (χ1v) is 10.4. The molecular weight excluding hydrogens is 348 g/mol. The normalized spacial score (nSPS) is 15.4. The Morgan fingerprint density at radius 1 is 1.11 bits per heavy atom. The van der Waals surface area contributed by atoms with Crippen molar-refractivity contribution in [2.45, 2.75) is 52.1 Å². The highest BCUT2D eigenvalue weighted by Crippen LogP contribution is 2.17. The predicted molar refractivity (Wildman–Crippen MR) is 114 cm³/mol. The van der Waals surface area contributed by atoms with Gasteiger partial charge in [0.15, 0.2) is 0 Å². The zero-order valence-corrected chi connectivity index (χ0v) is 17.1. The van der Waals surface area contributed by atoms with Crippen LogP contribution in [0.2, 0.25) is 0 Å². The monoisotopic (exact) mass is 380 g/mol. The summed E-state index contributed by atoms with van der Waals surface area (Å²) in [4.78, 5) is 14.7. The van der Waals surface area contributed by atoms with Gasteiger partial charge in [-0.2, -0.15) is 0 Å². The summed E-state index contributed by atoms with van der Waals surface area (Å²) < 4.78 is 5.77. The first-order chi connectivity index (χ1) is 13.6. The Bertz CT molecular complexity index is 767. The number of carbonyl (C=O) groups is 1. The number of benzene rings is 2. The van der Waals surface area contributed by atoms with E-state index in [9.17, 15) is 4.79 Å². The van der Waals surface area contributed by atoms with Gasteiger partial charge in [-0.15, -0.1) is 0 Å². The summed E-state index contributed by atoms with van der Waals surface area (Å²) in [6, 6.07) is 17.0. The minimum Gasteiger partial charge on any atom is -0.493 e. The number of ether oxygens (including phenoxy) is 1. The number of hydrogen-bond donors (Lipinski definition) is 1. The van der Waals surface area contributed by atoms with Crippen LogP contribution in [0.15, 0.2) is 48.5 Å². The van der Waals surface area contributed by atoms with E-state index in [0.29, 0.717) is 19.1 Å². The molecule has 1 saturated heterocycles. The second-order valence-electron chi connectivity index (χ2n) is 7.82. The Labute approximate surface area is 168 Å². The number of nitrogens with one attached hydrogen (secondary N) is 1. The standard InChI is InChI=1S/C24H32N2O2/c1-19-7-5-9-21(17-19)18-26-14-12-22(13-15-26)25-24(27)11-6-16-28-23-10-4-3-8-20(23)2/h3-5,7-10,17,22H,6,11-16,18H2,1-2H3,(H,25,27). The Kier molecular flexibility index (Phi) is 7.49. The third-order valence-electron chi connectivity index (χ3n) is 5.34. The second kappa shape index (κ2) is 10.3. The molecule has 1 aliphatic rings. The van der Waals surface area contributed by atoms with Crippen molar-refractivity contribution in [2.24, 2.45) is 0 Å². The van der Waals surface area contributed by atoms with Crippen LogP contribution in [0.1, 0.15) is 42.4 Å². The molecule has 1 heterocycles. The third kappa shape index (κ3) is 6.38. The predicted octanol–water partition coefficient (Wildman–Crippen LogP) is 4.24. The van der Waals surface area contributed by atoms with Crippen LogP contribution in [0.4, 0.5) is 0 Å². The van der Waals surface area contributed by atoms with Gasteiger partial charge in [0, 0.05) is 32.1 Å². The van der Waals surface area contributed by atoms with Crippen LogP contribution in [0.25, 0.3) is 0 Å². The summed E-state index contributed by atoms with van der Waals surface area (Å²) in [5.41, 5.74) is 3.81. The van der Waals surface area contributed by atoms with E-state index >= 15 is 0 Å². The number of para-hydroxylation sites is 1. The number of nitrogens with zero attached hydrogens (tertiary/aromatic N) is 1. The first kappa shape index (κ1) is 20.4. The molecule has 0 aliphatic carbocycles. The van der Waals surface area contributed by atoms with Gasteiger partial charge in [0.1, 0.15) is 5.75 Å². The Morgan fingerprint density at radius 3 is 2.64 bits per heavy atom. The molecule has 1 N–H and O–H groups in total. The molecule has 0 saturated carbocycles. The van der Waals surface area contributed by atoms with Crippen LogP contribution in [0.5, 0.6) is 5.75 Å². The topological polar surface area (TPSA) is 41.6 Å². The minimum atomic E-state index is 0.144. The van der Waals surface area contributed by atoms with E-state index < -0.39 is 0 Å². The third-order valence-corrected chi connectivity index (χ3v) is 5.34.